The summed E-state index contributed by atoms with van der Waals surface area (Å²) >= 11 is 0. The van der Waals surface area contributed by atoms with E-state index in [-0.39, 0.29) is 6.04 Å². The van der Waals surface area contributed by atoms with Crippen LogP contribution < -0.4 is 0 Å². The predicted octanol–water partition coefficient (Wildman–Crippen LogP) is 1.21. The van der Waals surface area contributed by atoms with Crippen LogP contribution in [0.4, 0.5) is 0 Å². The van der Waals surface area contributed by atoms with Crippen LogP contribution in [0.5, 0.6) is 0 Å². The Labute approximate surface area is 91.6 Å². The molecular weight excluding hydrogens is 210 g/mol. The summed E-state index contributed by atoms with van der Waals surface area (Å²) in [6, 6.07) is 9.83. The van der Waals surface area contributed by atoms with Gasteiger partial charge < -0.3 is 4.74 Å². The molecule has 0 N–H and O–H groups in total. The lowest BCUT2D eigenvalue weighted by molar-refractivity contribution is 0.325. The second kappa shape index (κ2) is 4.57. The summed E-state index contributed by atoms with van der Waals surface area (Å²) in [6.07, 6.45) is 1.69. The average molecular weight is 223 g/mol. The molecule has 1 aliphatic rings. The van der Waals surface area contributed by atoms with Gasteiger partial charge >= 0.3 is 0 Å². The van der Waals surface area contributed by atoms with Crippen molar-refractivity contribution in [1.29, 1.82) is 0 Å². The summed E-state index contributed by atoms with van der Waals surface area (Å²) in [5.74, 6) is 1.25. The largest absolute Gasteiger partial charge is 0.475 e. The number of rotatable bonds is 3. The molecule has 4 heteroatoms. The van der Waals surface area contributed by atoms with Gasteiger partial charge in [0.15, 0.2) is 0 Å². The monoisotopic (exact) mass is 223 g/mol. The third-order valence-electron chi connectivity index (χ3n) is 2.16. The van der Waals surface area contributed by atoms with E-state index in [1.807, 2.05) is 30.3 Å². The van der Waals surface area contributed by atoms with E-state index in [4.69, 9.17) is 4.74 Å². The minimum absolute atomic E-state index is 0.0473. The molecule has 0 bridgehead atoms. The molecule has 0 aliphatic carbocycles. The molecule has 1 heterocycles. The average Bonchev–Trinajstić information content (AvgIpc) is 2.67. The molecule has 0 saturated heterocycles. The fourth-order valence-corrected chi connectivity index (χ4v) is 2.22. The molecule has 1 aromatic carbocycles. The molecule has 0 fully saturated rings. The highest BCUT2D eigenvalue weighted by atomic mass is 32.2. The van der Waals surface area contributed by atoms with Crippen LogP contribution in [0.15, 0.2) is 35.3 Å². The quantitative estimate of drug-likeness (QED) is 0.772. The SMILES string of the molecule is C[S@@](=O)C[C@H]1COC(c2ccccc2)=N1. The summed E-state index contributed by atoms with van der Waals surface area (Å²) in [5, 5.41) is 0. The van der Waals surface area contributed by atoms with Crippen LogP contribution in [-0.4, -0.2) is 34.8 Å². The van der Waals surface area contributed by atoms with Gasteiger partial charge in [0.2, 0.25) is 5.90 Å². The fraction of sp³-hybridized carbons (Fsp3) is 0.364. The van der Waals surface area contributed by atoms with Crippen molar-refractivity contribution in [2.45, 2.75) is 6.04 Å². The lowest BCUT2D eigenvalue weighted by atomic mass is 10.2. The van der Waals surface area contributed by atoms with Crippen molar-refractivity contribution in [2.75, 3.05) is 18.6 Å². The van der Waals surface area contributed by atoms with Crippen LogP contribution in [0.1, 0.15) is 5.56 Å². The summed E-state index contributed by atoms with van der Waals surface area (Å²) < 4.78 is 16.5. The van der Waals surface area contributed by atoms with Gasteiger partial charge in [0.05, 0.1) is 6.04 Å². The van der Waals surface area contributed by atoms with Gasteiger partial charge in [0.1, 0.15) is 6.61 Å². The molecule has 2 rings (SSSR count). The van der Waals surface area contributed by atoms with E-state index in [0.29, 0.717) is 18.3 Å². The Morgan fingerprint density at radius 1 is 1.47 bits per heavy atom. The number of ether oxygens (including phenoxy) is 1. The molecule has 2 atom stereocenters. The second-order valence-electron chi connectivity index (χ2n) is 3.50. The van der Waals surface area contributed by atoms with Crippen LogP contribution in [0.3, 0.4) is 0 Å². The Kier molecular flexibility index (Phi) is 3.16. The van der Waals surface area contributed by atoms with Gasteiger partial charge in [-0.25, -0.2) is 4.99 Å². The fourth-order valence-electron chi connectivity index (χ4n) is 1.51. The smallest absolute Gasteiger partial charge is 0.216 e. The van der Waals surface area contributed by atoms with Gasteiger partial charge in [-0.2, -0.15) is 0 Å². The molecule has 0 amide bonds. The van der Waals surface area contributed by atoms with Gasteiger partial charge in [0.25, 0.3) is 0 Å². The minimum atomic E-state index is -0.814. The van der Waals surface area contributed by atoms with Gasteiger partial charge in [-0.05, 0) is 12.1 Å². The van der Waals surface area contributed by atoms with Gasteiger partial charge in [-0.3, -0.25) is 4.21 Å². The first-order valence-corrected chi connectivity index (χ1v) is 6.54. The van der Waals surface area contributed by atoms with E-state index < -0.39 is 10.8 Å². The molecule has 0 spiro atoms. The first-order chi connectivity index (χ1) is 7.25. The van der Waals surface area contributed by atoms with Crippen molar-refractivity contribution in [3.63, 3.8) is 0 Å². The van der Waals surface area contributed by atoms with Crippen molar-refractivity contribution < 1.29 is 8.95 Å². The Morgan fingerprint density at radius 2 is 2.20 bits per heavy atom. The Bertz CT molecular complexity index is 389. The zero-order valence-corrected chi connectivity index (χ0v) is 9.37. The third kappa shape index (κ3) is 2.65. The second-order valence-corrected chi connectivity index (χ2v) is 4.98. The highest BCUT2D eigenvalue weighted by Crippen LogP contribution is 2.12. The van der Waals surface area contributed by atoms with Gasteiger partial charge in [-0.15, -0.1) is 0 Å². The highest BCUT2D eigenvalue weighted by molar-refractivity contribution is 7.84. The third-order valence-corrected chi connectivity index (χ3v) is 3.01. The number of nitrogens with zero attached hydrogens (tertiary/aromatic N) is 1. The lowest BCUT2D eigenvalue weighted by Gasteiger charge is -2.00. The highest BCUT2D eigenvalue weighted by Gasteiger charge is 2.20. The van der Waals surface area contributed by atoms with Gasteiger partial charge in [-0.1, -0.05) is 18.2 Å². The van der Waals surface area contributed by atoms with E-state index in [1.165, 1.54) is 0 Å². The maximum Gasteiger partial charge on any atom is 0.216 e. The predicted molar refractivity (Wildman–Crippen MR) is 61.7 cm³/mol. The first kappa shape index (κ1) is 10.4. The van der Waals surface area contributed by atoms with E-state index in [9.17, 15) is 4.21 Å². The summed E-state index contributed by atoms with van der Waals surface area (Å²) in [4.78, 5) is 4.40. The lowest BCUT2D eigenvalue weighted by Crippen LogP contribution is -2.15. The molecule has 1 aromatic rings. The van der Waals surface area contributed by atoms with Crippen LogP contribution in [0.25, 0.3) is 0 Å². The Hall–Kier alpha value is -1.16. The molecule has 1 aliphatic heterocycles. The van der Waals surface area contributed by atoms with Crippen LogP contribution >= 0.6 is 0 Å². The number of hydrogen-bond donors (Lipinski definition) is 0. The van der Waals surface area contributed by atoms with Crippen molar-refractivity contribution >= 4 is 16.7 Å². The number of hydrogen-bond acceptors (Lipinski definition) is 3. The first-order valence-electron chi connectivity index (χ1n) is 4.82. The Balaban J connectivity index is 2.10. The molecule has 0 unspecified atom stereocenters. The molecular formula is C11H13NO2S. The maximum absolute atomic E-state index is 11.0. The van der Waals surface area contributed by atoms with Crippen molar-refractivity contribution in [3.05, 3.63) is 35.9 Å². The van der Waals surface area contributed by atoms with E-state index in [0.717, 1.165) is 5.56 Å². The topological polar surface area (TPSA) is 38.7 Å². The van der Waals surface area contributed by atoms with E-state index >= 15 is 0 Å². The zero-order chi connectivity index (χ0) is 10.7. The van der Waals surface area contributed by atoms with Crippen LogP contribution in [0.2, 0.25) is 0 Å². The van der Waals surface area contributed by atoms with E-state index in [2.05, 4.69) is 4.99 Å². The molecule has 3 nitrogen and oxygen atoms in total. The Morgan fingerprint density at radius 3 is 2.87 bits per heavy atom. The van der Waals surface area contributed by atoms with Crippen molar-refractivity contribution in [1.82, 2.24) is 0 Å². The molecule has 0 saturated carbocycles. The zero-order valence-electron chi connectivity index (χ0n) is 8.55. The summed E-state index contributed by atoms with van der Waals surface area (Å²) in [5.41, 5.74) is 0.988. The number of benzene rings is 1. The van der Waals surface area contributed by atoms with Crippen molar-refractivity contribution in [2.24, 2.45) is 4.99 Å². The van der Waals surface area contributed by atoms with Crippen LogP contribution in [0, 0.1) is 0 Å². The normalized spacial score (nSPS) is 21.9. The standard InChI is InChI=1S/C11H13NO2S/c1-15(13)8-10-7-14-11(12-10)9-5-3-2-4-6-9/h2-6,10H,7-8H2,1H3/t10-,15-/m1/s1. The summed E-state index contributed by atoms with van der Waals surface area (Å²) in [7, 11) is -0.814. The van der Waals surface area contributed by atoms with Crippen LogP contribution in [-0.2, 0) is 15.5 Å². The summed E-state index contributed by atoms with van der Waals surface area (Å²) in [6.45, 7) is 0.545. The van der Waals surface area contributed by atoms with Gasteiger partial charge in [0, 0.05) is 28.4 Å². The molecule has 15 heavy (non-hydrogen) atoms. The molecule has 0 aromatic heterocycles. The molecule has 0 radical (unpaired) electrons. The minimum Gasteiger partial charge on any atom is -0.475 e. The molecule has 80 valence electrons. The van der Waals surface area contributed by atoms with Crippen molar-refractivity contribution in [3.8, 4) is 0 Å². The maximum atomic E-state index is 11.0. The van der Waals surface area contributed by atoms with E-state index in [1.54, 1.807) is 6.26 Å². The number of aliphatic imine (C=N–C) groups is 1.